The number of aliphatic hydroxyl groups excluding tert-OH is 1. The van der Waals surface area contributed by atoms with Crippen molar-refractivity contribution in [2.75, 3.05) is 13.2 Å². The lowest BCUT2D eigenvalue weighted by molar-refractivity contribution is -0.210. The highest BCUT2D eigenvalue weighted by Crippen LogP contribution is 2.24. The number of rotatable bonds is 18. The molecule has 0 spiro atoms. The molecule has 1 atom stereocenters. The number of allylic oxidation sites excluding steroid dienone is 2. The first-order valence-electron chi connectivity index (χ1n) is 13.0. The summed E-state index contributed by atoms with van der Waals surface area (Å²) >= 11 is 0. The number of unbranched alkanes of at least 4 members (excludes halogenated alkanes) is 8. The number of aliphatic hydroxyl groups is 2. The van der Waals surface area contributed by atoms with Gasteiger partial charge >= 0.3 is 5.97 Å². The molecule has 5 heteroatoms. The van der Waals surface area contributed by atoms with Crippen LogP contribution >= 0.6 is 0 Å². The van der Waals surface area contributed by atoms with E-state index in [4.69, 9.17) is 14.6 Å². The van der Waals surface area contributed by atoms with Crippen molar-refractivity contribution < 1.29 is 24.5 Å². The normalized spacial score (nSPS) is 13.5. The molecule has 0 radical (unpaired) electrons. The van der Waals surface area contributed by atoms with Gasteiger partial charge in [0, 0.05) is 32.5 Å². The second kappa shape index (κ2) is 21.9. The Morgan fingerprint density at radius 2 is 1.31 bits per heavy atom. The number of ether oxygens (including phenoxy) is 2. The van der Waals surface area contributed by atoms with Crippen LogP contribution in [0.2, 0.25) is 0 Å². The van der Waals surface area contributed by atoms with Crippen LogP contribution in [0.3, 0.4) is 0 Å². The molecule has 0 aromatic rings. The van der Waals surface area contributed by atoms with E-state index in [0.29, 0.717) is 13.0 Å². The Morgan fingerprint density at radius 3 is 1.81 bits per heavy atom. The fourth-order valence-corrected chi connectivity index (χ4v) is 3.39. The second-order valence-electron chi connectivity index (χ2n) is 9.41. The molecule has 0 aromatic carbocycles. The molecule has 0 aromatic heterocycles. The Bertz CT molecular complexity index is 442. The standard InChI is InChI=1S/C25H48O4.C2H6O/c1-6-8-9-15-18-21-25(27,28-7-2)22-19-16-13-11-10-12-14-17-20-23(26)29-24(3,4)5;1-2-3/h12,14,27H,6-11,13,15-22H2,1-5H3;3H,2H2,1H3/b14-12+;. The first-order valence-corrected chi connectivity index (χ1v) is 13.0. The molecule has 0 fully saturated rings. The Hall–Kier alpha value is -0.910. The van der Waals surface area contributed by atoms with Crippen LogP contribution in [-0.2, 0) is 14.3 Å². The van der Waals surface area contributed by atoms with Gasteiger partial charge in [0.1, 0.15) is 5.60 Å². The molecule has 0 aliphatic carbocycles. The highest BCUT2D eigenvalue weighted by Gasteiger charge is 2.25. The average Bonchev–Trinajstić information content (AvgIpc) is 2.69. The quantitative estimate of drug-likeness (QED) is 0.0992. The van der Waals surface area contributed by atoms with Crippen molar-refractivity contribution in [1.29, 1.82) is 0 Å². The minimum absolute atomic E-state index is 0.130. The molecule has 32 heavy (non-hydrogen) atoms. The summed E-state index contributed by atoms with van der Waals surface area (Å²) in [5.74, 6) is -1.06. The van der Waals surface area contributed by atoms with Gasteiger partial charge in [-0.15, -0.1) is 0 Å². The molecule has 0 saturated carbocycles. The van der Waals surface area contributed by atoms with Crippen LogP contribution in [0.4, 0.5) is 0 Å². The number of carbonyl (C=O) groups excluding carboxylic acids is 1. The molecule has 0 aliphatic heterocycles. The summed E-state index contributed by atoms with van der Waals surface area (Å²) in [7, 11) is 0. The fourth-order valence-electron chi connectivity index (χ4n) is 3.39. The van der Waals surface area contributed by atoms with Crippen molar-refractivity contribution in [3.8, 4) is 0 Å². The minimum Gasteiger partial charge on any atom is -0.460 e. The molecule has 0 amide bonds. The van der Waals surface area contributed by atoms with Gasteiger partial charge in [-0.3, -0.25) is 4.79 Å². The monoisotopic (exact) mass is 458 g/mol. The molecule has 0 heterocycles. The molecule has 0 bridgehead atoms. The van der Waals surface area contributed by atoms with Gasteiger partial charge in [-0.25, -0.2) is 0 Å². The zero-order valence-corrected chi connectivity index (χ0v) is 22.1. The predicted octanol–water partition coefficient (Wildman–Crippen LogP) is 7.09. The van der Waals surface area contributed by atoms with Crippen molar-refractivity contribution in [2.45, 2.75) is 143 Å². The maximum atomic E-state index is 11.6. The lowest BCUT2D eigenvalue weighted by Gasteiger charge is -2.28. The van der Waals surface area contributed by atoms with Gasteiger partial charge < -0.3 is 19.7 Å². The Morgan fingerprint density at radius 1 is 0.812 bits per heavy atom. The first kappa shape index (κ1) is 33.3. The maximum Gasteiger partial charge on any atom is 0.306 e. The van der Waals surface area contributed by atoms with Gasteiger partial charge in [-0.1, -0.05) is 57.6 Å². The number of hydrogen-bond acceptors (Lipinski definition) is 5. The van der Waals surface area contributed by atoms with Crippen LogP contribution in [0, 0.1) is 0 Å². The molecule has 0 saturated heterocycles. The third kappa shape index (κ3) is 25.4. The SMILES string of the molecule is CCCCCCCC(O)(CCCCCC/C=C/CCC(=O)OC(C)(C)C)OCC.CCO. The molecular formula is C27H54O5. The third-order valence-corrected chi connectivity index (χ3v) is 4.87. The van der Waals surface area contributed by atoms with Gasteiger partial charge in [-0.2, -0.15) is 0 Å². The van der Waals surface area contributed by atoms with Gasteiger partial charge in [0.25, 0.3) is 0 Å². The highest BCUT2D eigenvalue weighted by molar-refractivity contribution is 5.69. The van der Waals surface area contributed by atoms with Crippen molar-refractivity contribution in [2.24, 2.45) is 0 Å². The summed E-state index contributed by atoms with van der Waals surface area (Å²) in [6.07, 6.45) is 18.4. The summed E-state index contributed by atoms with van der Waals surface area (Å²) in [6, 6.07) is 0. The van der Waals surface area contributed by atoms with Crippen LogP contribution in [0.1, 0.15) is 131 Å². The van der Waals surface area contributed by atoms with Crippen LogP contribution in [0.25, 0.3) is 0 Å². The average molecular weight is 459 g/mol. The summed E-state index contributed by atoms with van der Waals surface area (Å²) in [6.45, 7) is 12.4. The van der Waals surface area contributed by atoms with E-state index < -0.39 is 11.4 Å². The topological polar surface area (TPSA) is 76.0 Å². The lowest BCUT2D eigenvalue weighted by atomic mass is 9.99. The first-order chi connectivity index (χ1) is 15.1. The second-order valence-corrected chi connectivity index (χ2v) is 9.41. The van der Waals surface area contributed by atoms with E-state index in [1.54, 1.807) is 6.92 Å². The highest BCUT2D eigenvalue weighted by atomic mass is 16.6. The predicted molar refractivity (Wildman–Crippen MR) is 135 cm³/mol. The van der Waals surface area contributed by atoms with Crippen molar-refractivity contribution in [1.82, 2.24) is 0 Å². The third-order valence-electron chi connectivity index (χ3n) is 4.87. The van der Waals surface area contributed by atoms with Crippen LogP contribution < -0.4 is 0 Å². The van der Waals surface area contributed by atoms with E-state index in [-0.39, 0.29) is 12.6 Å². The van der Waals surface area contributed by atoms with Crippen molar-refractivity contribution >= 4 is 5.97 Å². The van der Waals surface area contributed by atoms with Gasteiger partial charge in [0.2, 0.25) is 0 Å². The smallest absolute Gasteiger partial charge is 0.306 e. The van der Waals surface area contributed by atoms with Gasteiger partial charge in [-0.05, 0) is 66.7 Å². The van der Waals surface area contributed by atoms with Gasteiger partial charge in [0.05, 0.1) is 0 Å². The summed E-state index contributed by atoms with van der Waals surface area (Å²) in [5.41, 5.74) is -0.399. The van der Waals surface area contributed by atoms with Crippen molar-refractivity contribution in [3.63, 3.8) is 0 Å². The van der Waals surface area contributed by atoms with E-state index in [2.05, 4.69) is 19.1 Å². The molecular weight excluding hydrogens is 404 g/mol. The largest absolute Gasteiger partial charge is 0.460 e. The number of carbonyl (C=O) groups is 1. The summed E-state index contributed by atoms with van der Waals surface area (Å²) < 4.78 is 11.0. The zero-order valence-electron chi connectivity index (χ0n) is 22.1. The van der Waals surface area contributed by atoms with Crippen molar-refractivity contribution in [3.05, 3.63) is 12.2 Å². The van der Waals surface area contributed by atoms with Crippen LogP contribution in [0.15, 0.2) is 12.2 Å². The summed E-state index contributed by atoms with van der Waals surface area (Å²) in [5, 5.41) is 18.3. The van der Waals surface area contributed by atoms with E-state index >= 15 is 0 Å². The van der Waals surface area contributed by atoms with Gasteiger partial charge in [0.15, 0.2) is 5.79 Å². The molecule has 0 rings (SSSR count). The number of hydrogen-bond donors (Lipinski definition) is 2. The molecule has 1 unspecified atom stereocenters. The summed E-state index contributed by atoms with van der Waals surface area (Å²) in [4.78, 5) is 11.6. The van der Waals surface area contributed by atoms with Crippen LogP contribution in [-0.4, -0.2) is 40.8 Å². The molecule has 5 nitrogen and oxygen atoms in total. The zero-order chi connectivity index (χ0) is 24.7. The molecule has 2 N–H and O–H groups in total. The minimum atomic E-state index is -0.928. The fraction of sp³-hybridized carbons (Fsp3) is 0.889. The lowest BCUT2D eigenvalue weighted by Crippen LogP contribution is -2.32. The Labute approximate surface area is 199 Å². The number of esters is 1. The Balaban J connectivity index is 0. The molecule has 0 aliphatic rings. The van der Waals surface area contributed by atoms with E-state index in [0.717, 1.165) is 57.8 Å². The maximum absolute atomic E-state index is 11.6. The molecule has 192 valence electrons. The Kier molecular flexibility index (Phi) is 22.8. The van der Waals surface area contributed by atoms with E-state index in [1.807, 2.05) is 27.7 Å². The van der Waals surface area contributed by atoms with E-state index in [9.17, 15) is 9.90 Å². The van der Waals surface area contributed by atoms with E-state index in [1.165, 1.54) is 25.7 Å². The van der Waals surface area contributed by atoms with Crippen LogP contribution in [0.5, 0.6) is 0 Å².